The zero-order valence-corrected chi connectivity index (χ0v) is 13.2. The van der Waals surface area contributed by atoms with E-state index in [1.54, 1.807) is 0 Å². The Kier molecular flexibility index (Phi) is 3.45. The fraction of sp³-hybridized carbons (Fsp3) is 0.333. The van der Waals surface area contributed by atoms with Gasteiger partial charge in [0.05, 0.1) is 10.2 Å². The fourth-order valence-corrected chi connectivity index (χ4v) is 3.58. The predicted molar refractivity (Wildman–Crippen MR) is 82.2 cm³/mol. The molecule has 0 atom stereocenters. The SMILES string of the molecule is CCn1c(=NC(=O)C2=COCCO2)sc2cc3c(cc21)OCO3. The highest BCUT2D eigenvalue weighted by Crippen LogP contribution is 2.36. The van der Waals surface area contributed by atoms with E-state index in [1.165, 1.54) is 17.6 Å². The first-order valence-electron chi connectivity index (χ1n) is 7.23. The van der Waals surface area contributed by atoms with Crippen LogP contribution in [-0.4, -0.2) is 30.5 Å². The van der Waals surface area contributed by atoms with Crippen LogP contribution in [0.25, 0.3) is 10.2 Å². The predicted octanol–water partition coefficient (Wildman–Crippen LogP) is 1.77. The Bertz CT molecular complexity index is 880. The maximum absolute atomic E-state index is 12.2. The van der Waals surface area contributed by atoms with E-state index in [0.717, 1.165) is 10.2 Å². The van der Waals surface area contributed by atoms with Gasteiger partial charge in [-0.15, -0.1) is 0 Å². The first kappa shape index (κ1) is 14.1. The summed E-state index contributed by atoms with van der Waals surface area (Å²) in [7, 11) is 0. The number of aromatic nitrogens is 1. The van der Waals surface area contributed by atoms with E-state index in [1.807, 2.05) is 23.6 Å². The van der Waals surface area contributed by atoms with Crippen molar-refractivity contribution in [1.29, 1.82) is 0 Å². The van der Waals surface area contributed by atoms with Gasteiger partial charge in [0.1, 0.15) is 19.5 Å². The number of hydrogen-bond acceptors (Lipinski definition) is 6. The first-order valence-corrected chi connectivity index (χ1v) is 8.04. The molecule has 0 bridgehead atoms. The zero-order valence-electron chi connectivity index (χ0n) is 12.4. The number of fused-ring (bicyclic) bond motifs is 2. The summed E-state index contributed by atoms with van der Waals surface area (Å²) in [5.41, 5.74) is 0.961. The molecule has 0 spiro atoms. The molecule has 0 unspecified atom stereocenters. The van der Waals surface area contributed by atoms with Crippen LogP contribution in [0.15, 0.2) is 29.1 Å². The van der Waals surface area contributed by atoms with E-state index < -0.39 is 5.91 Å². The molecule has 4 rings (SSSR count). The molecule has 23 heavy (non-hydrogen) atoms. The number of rotatable bonds is 2. The van der Waals surface area contributed by atoms with Crippen molar-refractivity contribution in [2.75, 3.05) is 20.0 Å². The van der Waals surface area contributed by atoms with Crippen molar-refractivity contribution in [3.8, 4) is 11.5 Å². The second-order valence-electron chi connectivity index (χ2n) is 4.92. The molecule has 2 aliphatic rings. The molecule has 0 radical (unpaired) electrons. The van der Waals surface area contributed by atoms with Gasteiger partial charge in [0.25, 0.3) is 0 Å². The van der Waals surface area contributed by atoms with Crippen LogP contribution in [-0.2, 0) is 20.8 Å². The van der Waals surface area contributed by atoms with E-state index >= 15 is 0 Å². The number of carbonyl (C=O) groups is 1. The quantitative estimate of drug-likeness (QED) is 0.837. The Hall–Kier alpha value is -2.48. The van der Waals surface area contributed by atoms with Crippen LogP contribution < -0.4 is 14.3 Å². The van der Waals surface area contributed by atoms with Crippen LogP contribution in [0.3, 0.4) is 0 Å². The molecule has 0 saturated heterocycles. The molecule has 1 aromatic heterocycles. The number of benzene rings is 1. The lowest BCUT2D eigenvalue weighted by molar-refractivity contribution is -0.119. The van der Waals surface area contributed by atoms with Gasteiger partial charge < -0.3 is 23.5 Å². The first-order chi connectivity index (χ1) is 11.3. The smallest absolute Gasteiger partial charge is 0.317 e. The van der Waals surface area contributed by atoms with E-state index in [0.29, 0.717) is 36.1 Å². The molecular formula is C15H14N2O5S. The topological polar surface area (TPSA) is 71.3 Å². The summed E-state index contributed by atoms with van der Waals surface area (Å²) in [6.07, 6.45) is 1.31. The third kappa shape index (κ3) is 2.44. The molecule has 0 fully saturated rings. The van der Waals surface area contributed by atoms with Gasteiger partial charge >= 0.3 is 5.91 Å². The molecule has 3 heterocycles. The highest BCUT2D eigenvalue weighted by Gasteiger charge is 2.19. The molecule has 2 aromatic rings. The Morgan fingerprint density at radius 3 is 2.83 bits per heavy atom. The summed E-state index contributed by atoms with van der Waals surface area (Å²) in [5, 5.41) is 0. The number of ether oxygens (including phenoxy) is 4. The van der Waals surface area contributed by atoms with Gasteiger partial charge in [-0.05, 0) is 6.92 Å². The van der Waals surface area contributed by atoms with Crippen LogP contribution in [0.2, 0.25) is 0 Å². The van der Waals surface area contributed by atoms with Crippen molar-refractivity contribution >= 4 is 27.5 Å². The standard InChI is InChI=1S/C15H14N2O5S/c1-2-17-9-5-10-11(22-8-21-10)6-13(9)23-15(17)16-14(18)12-7-19-3-4-20-12/h5-7H,2-4,8H2,1H3. The normalized spacial score (nSPS) is 16.9. The molecule has 1 amide bonds. The van der Waals surface area contributed by atoms with Crippen LogP contribution in [0.1, 0.15) is 6.92 Å². The molecular weight excluding hydrogens is 320 g/mol. The van der Waals surface area contributed by atoms with Gasteiger partial charge in [0.2, 0.25) is 12.6 Å². The molecule has 8 heteroatoms. The minimum absolute atomic E-state index is 0.130. The van der Waals surface area contributed by atoms with Crippen molar-refractivity contribution in [1.82, 2.24) is 4.57 Å². The molecule has 0 aliphatic carbocycles. The van der Waals surface area contributed by atoms with Gasteiger partial charge in [0.15, 0.2) is 16.3 Å². The average Bonchev–Trinajstić information content (AvgIpc) is 3.16. The maximum Gasteiger partial charge on any atom is 0.317 e. The maximum atomic E-state index is 12.2. The lowest BCUT2D eigenvalue weighted by atomic mass is 10.3. The van der Waals surface area contributed by atoms with Crippen LogP contribution in [0.4, 0.5) is 0 Å². The van der Waals surface area contributed by atoms with Crippen LogP contribution >= 0.6 is 11.3 Å². The Labute approximate surface area is 135 Å². The highest BCUT2D eigenvalue weighted by atomic mass is 32.1. The monoisotopic (exact) mass is 334 g/mol. The van der Waals surface area contributed by atoms with Crippen molar-refractivity contribution in [2.45, 2.75) is 13.5 Å². The summed E-state index contributed by atoms with van der Waals surface area (Å²) in [6, 6.07) is 3.83. The number of hydrogen-bond donors (Lipinski definition) is 0. The number of nitrogens with zero attached hydrogens (tertiary/aromatic N) is 2. The van der Waals surface area contributed by atoms with Gasteiger partial charge in [-0.1, -0.05) is 11.3 Å². The molecule has 0 saturated carbocycles. The summed E-state index contributed by atoms with van der Waals surface area (Å²) < 4.78 is 24.1. The fourth-order valence-electron chi connectivity index (χ4n) is 2.47. The summed E-state index contributed by atoms with van der Waals surface area (Å²) in [5.74, 6) is 1.11. The van der Waals surface area contributed by atoms with Crippen LogP contribution in [0.5, 0.6) is 11.5 Å². The molecule has 0 N–H and O–H groups in total. The minimum atomic E-state index is -0.446. The van der Waals surface area contributed by atoms with Gasteiger partial charge in [-0.3, -0.25) is 4.79 Å². The average molecular weight is 334 g/mol. The van der Waals surface area contributed by atoms with Gasteiger partial charge in [-0.25, -0.2) is 0 Å². The Morgan fingerprint density at radius 2 is 2.09 bits per heavy atom. The number of thiazole rings is 1. The largest absolute Gasteiger partial charge is 0.494 e. The number of aryl methyl sites for hydroxylation is 1. The van der Waals surface area contributed by atoms with E-state index in [-0.39, 0.29) is 12.6 Å². The van der Waals surface area contributed by atoms with Crippen molar-refractivity contribution in [3.05, 3.63) is 29.0 Å². The summed E-state index contributed by atoms with van der Waals surface area (Å²) in [6.45, 7) is 3.72. The second kappa shape index (κ2) is 5.62. The lowest BCUT2D eigenvalue weighted by Gasteiger charge is -2.12. The van der Waals surface area contributed by atoms with E-state index in [9.17, 15) is 4.79 Å². The lowest BCUT2D eigenvalue weighted by Crippen LogP contribution is -2.19. The summed E-state index contributed by atoms with van der Waals surface area (Å²) >= 11 is 1.42. The highest BCUT2D eigenvalue weighted by molar-refractivity contribution is 7.16. The Morgan fingerprint density at radius 1 is 1.26 bits per heavy atom. The van der Waals surface area contributed by atoms with E-state index in [4.69, 9.17) is 18.9 Å². The minimum Gasteiger partial charge on any atom is -0.494 e. The van der Waals surface area contributed by atoms with Crippen molar-refractivity contribution < 1.29 is 23.7 Å². The molecule has 7 nitrogen and oxygen atoms in total. The zero-order chi connectivity index (χ0) is 15.8. The third-order valence-corrected chi connectivity index (χ3v) is 4.59. The van der Waals surface area contributed by atoms with Gasteiger partial charge in [-0.2, -0.15) is 4.99 Å². The van der Waals surface area contributed by atoms with E-state index in [2.05, 4.69) is 4.99 Å². The number of amides is 1. The third-order valence-electron chi connectivity index (χ3n) is 3.55. The second-order valence-corrected chi connectivity index (χ2v) is 5.93. The molecule has 2 aliphatic heterocycles. The van der Waals surface area contributed by atoms with Crippen molar-refractivity contribution in [3.63, 3.8) is 0 Å². The molecule has 120 valence electrons. The van der Waals surface area contributed by atoms with Gasteiger partial charge in [0, 0.05) is 18.7 Å². The van der Waals surface area contributed by atoms with Crippen molar-refractivity contribution in [2.24, 2.45) is 4.99 Å². The Balaban J connectivity index is 1.81. The molecule has 1 aromatic carbocycles. The van der Waals surface area contributed by atoms with Crippen LogP contribution in [0, 0.1) is 0 Å². The summed E-state index contributed by atoms with van der Waals surface area (Å²) in [4.78, 5) is 17.0. The number of carbonyl (C=O) groups excluding carboxylic acids is 1.